The fraction of sp³-hybridized carbons (Fsp3) is 0.211. The molecule has 0 amide bonds. The topological polar surface area (TPSA) is 48.7 Å². The van der Waals surface area contributed by atoms with Crippen molar-refractivity contribution < 1.29 is 27.5 Å². The van der Waals surface area contributed by atoms with Crippen LogP contribution in [0.3, 0.4) is 0 Å². The Morgan fingerprint density at radius 3 is 2.52 bits per heavy atom. The number of rotatable bonds is 5. The van der Waals surface area contributed by atoms with Crippen LogP contribution in [0.15, 0.2) is 46.9 Å². The first-order valence-corrected chi connectivity index (χ1v) is 7.75. The van der Waals surface area contributed by atoms with Gasteiger partial charge in [-0.15, -0.1) is 0 Å². The minimum atomic E-state index is -2.54. The summed E-state index contributed by atoms with van der Waals surface area (Å²) in [6, 6.07) is 10.4. The molecule has 0 spiro atoms. The van der Waals surface area contributed by atoms with Gasteiger partial charge in [0.1, 0.15) is 22.8 Å². The first kappa shape index (κ1) is 17.0. The minimum absolute atomic E-state index is 0.0862. The van der Waals surface area contributed by atoms with E-state index in [0.717, 1.165) is 0 Å². The third-order valence-electron chi connectivity index (χ3n) is 3.59. The number of benzene rings is 2. The zero-order chi connectivity index (χ0) is 18.0. The first-order valence-electron chi connectivity index (χ1n) is 7.75. The van der Waals surface area contributed by atoms with Crippen LogP contribution in [0.4, 0.5) is 8.78 Å². The van der Waals surface area contributed by atoms with Gasteiger partial charge in [-0.05, 0) is 56.3 Å². The highest BCUT2D eigenvalue weighted by Crippen LogP contribution is 2.34. The van der Waals surface area contributed by atoms with Crippen LogP contribution in [-0.4, -0.2) is 12.6 Å². The molecule has 0 aliphatic rings. The van der Waals surface area contributed by atoms with E-state index in [1.54, 1.807) is 32.0 Å². The maximum atomic E-state index is 12.6. The smallest absolute Gasteiger partial charge is 0.338 e. The highest BCUT2D eigenvalue weighted by Gasteiger charge is 2.16. The summed E-state index contributed by atoms with van der Waals surface area (Å²) in [5, 5.41) is 0.684. The van der Waals surface area contributed by atoms with Crippen LogP contribution in [0.25, 0.3) is 11.0 Å². The molecule has 3 aromatic rings. The SMILES string of the molecule is CCOC(=O)c1cc(Oc2ccc(C(F)F)cc2)c2cc(C)oc2c1. The average molecular weight is 346 g/mol. The number of aryl methyl sites for hydroxylation is 1. The van der Waals surface area contributed by atoms with E-state index in [2.05, 4.69) is 0 Å². The van der Waals surface area contributed by atoms with Gasteiger partial charge in [0, 0.05) is 5.56 Å². The van der Waals surface area contributed by atoms with Gasteiger partial charge >= 0.3 is 5.97 Å². The van der Waals surface area contributed by atoms with Gasteiger partial charge in [-0.25, -0.2) is 13.6 Å². The van der Waals surface area contributed by atoms with Gasteiger partial charge in [0.2, 0.25) is 0 Å². The van der Waals surface area contributed by atoms with Crippen molar-refractivity contribution in [2.24, 2.45) is 0 Å². The number of halogens is 2. The lowest BCUT2D eigenvalue weighted by Crippen LogP contribution is -2.04. The van der Waals surface area contributed by atoms with Crippen molar-refractivity contribution in [3.63, 3.8) is 0 Å². The molecular weight excluding hydrogens is 330 g/mol. The fourth-order valence-corrected chi connectivity index (χ4v) is 2.46. The second-order valence-electron chi connectivity index (χ2n) is 5.44. The zero-order valence-electron chi connectivity index (χ0n) is 13.7. The number of esters is 1. The summed E-state index contributed by atoms with van der Waals surface area (Å²) in [6.07, 6.45) is -2.54. The summed E-state index contributed by atoms with van der Waals surface area (Å²) in [4.78, 5) is 12.0. The Morgan fingerprint density at radius 1 is 1.16 bits per heavy atom. The number of ether oxygens (including phenoxy) is 2. The summed E-state index contributed by atoms with van der Waals surface area (Å²) in [6.45, 7) is 3.75. The predicted molar refractivity (Wildman–Crippen MR) is 88.4 cm³/mol. The van der Waals surface area contributed by atoms with Crippen molar-refractivity contribution in [1.82, 2.24) is 0 Å². The molecule has 2 aromatic carbocycles. The lowest BCUT2D eigenvalue weighted by Gasteiger charge is -2.09. The van der Waals surface area contributed by atoms with E-state index in [4.69, 9.17) is 13.9 Å². The molecule has 4 nitrogen and oxygen atoms in total. The summed E-state index contributed by atoms with van der Waals surface area (Å²) in [5.74, 6) is 0.943. The lowest BCUT2D eigenvalue weighted by molar-refractivity contribution is 0.0526. The second-order valence-corrected chi connectivity index (χ2v) is 5.44. The van der Waals surface area contributed by atoms with Crippen molar-refractivity contribution >= 4 is 16.9 Å². The number of hydrogen-bond acceptors (Lipinski definition) is 4. The van der Waals surface area contributed by atoms with E-state index in [1.165, 1.54) is 24.3 Å². The molecule has 0 aliphatic carbocycles. The van der Waals surface area contributed by atoms with Crippen LogP contribution >= 0.6 is 0 Å². The maximum Gasteiger partial charge on any atom is 0.338 e. The molecule has 0 atom stereocenters. The lowest BCUT2D eigenvalue weighted by atomic mass is 10.1. The minimum Gasteiger partial charge on any atom is -0.462 e. The number of carbonyl (C=O) groups is 1. The Balaban J connectivity index is 1.99. The Kier molecular flexibility index (Phi) is 4.70. The highest BCUT2D eigenvalue weighted by molar-refractivity contribution is 5.96. The molecule has 3 rings (SSSR count). The van der Waals surface area contributed by atoms with E-state index in [0.29, 0.717) is 33.8 Å². The largest absolute Gasteiger partial charge is 0.462 e. The zero-order valence-corrected chi connectivity index (χ0v) is 13.7. The molecule has 6 heteroatoms. The van der Waals surface area contributed by atoms with Gasteiger partial charge in [-0.1, -0.05) is 0 Å². The van der Waals surface area contributed by atoms with Gasteiger partial charge < -0.3 is 13.9 Å². The first-order chi connectivity index (χ1) is 12.0. The van der Waals surface area contributed by atoms with Gasteiger partial charge in [0.15, 0.2) is 0 Å². The van der Waals surface area contributed by atoms with Gasteiger partial charge in [-0.2, -0.15) is 0 Å². The standard InChI is InChI=1S/C19H16F2O4/c1-3-23-19(22)13-9-16-15(8-11(2)24-16)17(10-13)25-14-6-4-12(5-7-14)18(20)21/h4-10,18H,3H2,1-2H3. The number of furan rings is 1. The average Bonchev–Trinajstić information content (AvgIpc) is 2.96. The Hall–Kier alpha value is -2.89. The molecule has 0 saturated heterocycles. The third-order valence-corrected chi connectivity index (χ3v) is 3.59. The molecule has 25 heavy (non-hydrogen) atoms. The number of carbonyl (C=O) groups excluding carboxylic acids is 1. The van der Waals surface area contributed by atoms with Crippen LogP contribution < -0.4 is 4.74 Å². The highest BCUT2D eigenvalue weighted by atomic mass is 19.3. The van der Waals surface area contributed by atoms with Crippen LogP contribution in [0.1, 0.15) is 35.0 Å². The number of fused-ring (bicyclic) bond motifs is 1. The van der Waals surface area contributed by atoms with Crippen LogP contribution in [-0.2, 0) is 4.74 Å². The van der Waals surface area contributed by atoms with Crippen molar-refractivity contribution in [3.05, 3.63) is 59.4 Å². The predicted octanol–water partition coefficient (Wildman–Crippen LogP) is 5.65. The normalized spacial score (nSPS) is 11.1. The van der Waals surface area contributed by atoms with E-state index < -0.39 is 12.4 Å². The van der Waals surface area contributed by atoms with Gasteiger partial charge in [0.05, 0.1) is 17.6 Å². The number of alkyl halides is 2. The molecule has 0 saturated carbocycles. The fourth-order valence-electron chi connectivity index (χ4n) is 2.46. The van der Waals surface area contributed by atoms with Gasteiger partial charge in [-0.3, -0.25) is 0 Å². The van der Waals surface area contributed by atoms with E-state index >= 15 is 0 Å². The van der Waals surface area contributed by atoms with E-state index in [1.807, 2.05) is 0 Å². The monoisotopic (exact) mass is 346 g/mol. The molecule has 0 unspecified atom stereocenters. The molecule has 0 bridgehead atoms. The molecule has 0 radical (unpaired) electrons. The summed E-state index contributed by atoms with van der Waals surface area (Å²) >= 11 is 0. The molecule has 0 N–H and O–H groups in total. The molecule has 0 aliphatic heterocycles. The Bertz CT molecular complexity index is 898. The molecule has 1 aromatic heterocycles. The van der Waals surface area contributed by atoms with E-state index in [9.17, 15) is 13.6 Å². The van der Waals surface area contributed by atoms with Crippen molar-refractivity contribution in [2.45, 2.75) is 20.3 Å². The summed E-state index contributed by atoms with van der Waals surface area (Å²) in [7, 11) is 0. The summed E-state index contributed by atoms with van der Waals surface area (Å²) < 4.78 is 41.7. The quantitative estimate of drug-likeness (QED) is 0.560. The van der Waals surface area contributed by atoms with Gasteiger partial charge in [0.25, 0.3) is 6.43 Å². The van der Waals surface area contributed by atoms with Crippen LogP contribution in [0.2, 0.25) is 0 Å². The second kappa shape index (κ2) is 6.93. The van der Waals surface area contributed by atoms with E-state index in [-0.39, 0.29) is 12.2 Å². The third kappa shape index (κ3) is 3.63. The van der Waals surface area contributed by atoms with Crippen molar-refractivity contribution in [2.75, 3.05) is 6.61 Å². The molecule has 0 fully saturated rings. The maximum absolute atomic E-state index is 12.6. The van der Waals surface area contributed by atoms with Crippen molar-refractivity contribution in [3.8, 4) is 11.5 Å². The number of hydrogen-bond donors (Lipinski definition) is 0. The molecule has 1 heterocycles. The van der Waals surface area contributed by atoms with Crippen LogP contribution in [0.5, 0.6) is 11.5 Å². The molecule has 130 valence electrons. The Labute approximate surface area is 143 Å². The molecular formula is C19H16F2O4. The van der Waals surface area contributed by atoms with Crippen molar-refractivity contribution in [1.29, 1.82) is 0 Å². The summed E-state index contributed by atoms with van der Waals surface area (Å²) in [5.41, 5.74) is 0.696. The Morgan fingerprint density at radius 2 is 1.88 bits per heavy atom. The van der Waals surface area contributed by atoms with Crippen LogP contribution in [0, 0.1) is 6.92 Å².